The van der Waals surface area contributed by atoms with Gasteiger partial charge >= 0.3 is 5.97 Å². The first-order valence-corrected chi connectivity index (χ1v) is 5.23. The number of hydrogen-bond donors (Lipinski definition) is 2. The maximum Gasteiger partial charge on any atom is 0.352 e. The van der Waals surface area contributed by atoms with Gasteiger partial charge < -0.3 is 14.8 Å². The average Bonchev–Trinajstić information content (AvgIpc) is 2.78. The molecular weight excluding hydrogens is 218 g/mol. The summed E-state index contributed by atoms with van der Waals surface area (Å²) in [5.41, 5.74) is 2.08. The molecule has 0 aliphatic heterocycles. The van der Waals surface area contributed by atoms with Crippen molar-refractivity contribution in [2.45, 2.75) is 6.42 Å². The minimum absolute atomic E-state index is 0.251. The topological polar surface area (TPSA) is 62.3 Å². The molecular formula is C13H13NO3. The van der Waals surface area contributed by atoms with E-state index >= 15 is 0 Å². The monoisotopic (exact) mass is 231 g/mol. The highest BCUT2D eigenvalue weighted by Gasteiger charge is 2.11. The van der Waals surface area contributed by atoms with E-state index in [1.165, 1.54) is 0 Å². The summed E-state index contributed by atoms with van der Waals surface area (Å²) >= 11 is 0. The predicted molar refractivity (Wildman–Crippen MR) is 63.6 cm³/mol. The summed E-state index contributed by atoms with van der Waals surface area (Å²) in [6.07, 6.45) is 2.23. The molecule has 4 heteroatoms. The first kappa shape index (κ1) is 11.3. The van der Waals surface area contributed by atoms with Gasteiger partial charge in [-0.25, -0.2) is 4.79 Å². The smallest absolute Gasteiger partial charge is 0.352 e. The molecule has 0 unspecified atom stereocenters. The molecule has 1 aromatic carbocycles. The van der Waals surface area contributed by atoms with Gasteiger partial charge in [-0.2, -0.15) is 0 Å². The normalized spacial score (nSPS) is 10.2. The van der Waals surface area contributed by atoms with Gasteiger partial charge in [-0.1, -0.05) is 12.1 Å². The number of rotatable bonds is 4. The maximum atomic E-state index is 10.9. The van der Waals surface area contributed by atoms with Crippen molar-refractivity contribution in [3.8, 4) is 5.75 Å². The van der Waals surface area contributed by atoms with Crippen molar-refractivity contribution < 1.29 is 14.6 Å². The van der Waals surface area contributed by atoms with E-state index in [0.717, 1.165) is 16.9 Å². The van der Waals surface area contributed by atoms with Crippen molar-refractivity contribution in [3.05, 3.63) is 53.3 Å². The summed E-state index contributed by atoms with van der Waals surface area (Å²) in [7, 11) is 1.61. The second-order valence-electron chi connectivity index (χ2n) is 3.71. The Bertz CT molecular complexity index is 514. The third kappa shape index (κ3) is 2.47. The van der Waals surface area contributed by atoms with E-state index in [9.17, 15) is 4.79 Å². The minimum atomic E-state index is -0.932. The Hall–Kier alpha value is -2.23. The number of aromatic amines is 1. The number of nitrogens with one attached hydrogen (secondary N) is 1. The lowest BCUT2D eigenvalue weighted by molar-refractivity contribution is 0.0690. The molecule has 0 radical (unpaired) electrons. The zero-order chi connectivity index (χ0) is 12.3. The quantitative estimate of drug-likeness (QED) is 0.848. The molecule has 1 aromatic heterocycles. The summed E-state index contributed by atoms with van der Waals surface area (Å²) in [6.45, 7) is 0. The van der Waals surface area contributed by atoms with Crippen LogP contribution in [0.3, 0.4) is 0 Å². The van der Waals surface area contributed by atoms with E-state index in [0.29, 0.717) is 6.42 Å². The molecule has 0 atom stereocenters. The van der Waals surface area contributed by atoms with E-state index < -0.39 is 5.97 Å². The molecule has 0 saturated heterocycles. The van der Waals surface area contributed by atoms with Gasteiger partial charge in [-0.15, -0.1) is 0 Å². The van der Waals surface area contributed by atoms with Crippen molar-refractivity contribution in [2.24, 2.45) is 0 Å². The highest BCUT2D eigenvalue weighted by Crippen LogP contribution is 2.16. The maximum absolute atomic E-state index is 10.9. The van der Waals surface area contributed by atoms with Crippen LogP contribution < -0.4 is 4.74 Å². The van der Waals surface area contributed by atoms with Gasteiger partial charge in [0.25, 0.3) is 0 Å². The molecule has 17 heavy (non-hydrogen) atoms. The first-order valence-electron chi connectivity index (χ1n) is 5.23. The van der Waals surface area contributed by atoms with Crippen molar-refractivity contribution in [1.29, 1.82) is 0 Å². The van der Waals surface area contributed by atoms with Gasteiger partial charge in [0.1, 0.15) is 11.4 Å². The summed E-state index contributed by atoms with van der Waals surface area (Å²) in [5.74, 6) is -0.139. The second kappa shape index (κ2) is 4.74. The zero-order valence-corrected chi connectivity index (χ0v) is 9.43. The molecule has 1 heterocycles. The molecule has 2 aromatic rings. The summed E-state index contributed by atoms with van der Waals surface area (Å²) < 4.78 is 5.07. The zero-order valence-electron chi connectivity index (χ0n) is 9.43. The first-order chi connectivity index (χ1) is 8.20. The summed E-state index contributed by atoms with van der Waals surface area (Å²) in [5, 5.41) is 8.96. The SMILES string of the molecule is COc1ccc(Cc2cc[nH]c2C(=O)O)cc1. The molecule has 0 spiro atoms. The number of methoxy groups -OCH3 is 1. The van der Waals surface area contributed by atoms with Crippen LogP contribution in [0.25, 0.3) is 0 Å². The predicted octanol–water partition coefficient (Wildman–Crippen LogP) is 2.31. The van der Waals surface area contributed by atoms with Crippen molar-refractivity contribution in [1.82, 2.24) is 4.98 Å². The van der Waals surface area contributed by atoms with Gasteiger partial charge in [-0.05, 0) is 35.7 Å². The van der Waals surface area contributed by atoms with Crippen LogP contribution in [0.2, 0.25) is 0 Å². The van der Waals surface area contributed by atoms with Crippen molar-refractivity contribution in [3.63, 3.8) is 0 Å². The Morgan fingerprint density at radius 1 is 1.29 bits per heavy atom. The molecule has 2 rings (SSSR count). The van der Waals surface area contributed by atoms with Crippen LogP contribution in [0.4, 0.5) is 0 Å². The average molecular weight is 231 g/mol. The Labute approximate surface area is 98.9 Å². The molecule has 88 valence electrons. The summed E-state index contributed by atoms with van der Waals surface area (Å²) in [4.78, 5) is 13.6. The molecule has 4 nitrogen and oxygen atoms in total. The van der Waals surface area contributed by atoms with Gasteiger partial charge in [0.2, 0.25) is 0 Å². The number of ether oxygens (including phenoxy) is 1. The van der Waals surface area contributed by atoms with Crippen LogP contribution in [0, 0.1) is 0 Å². The van der Waals surface area contributed by atoms with E-state index in [-0.39, 0.29) is 5.69 Å². The van der Waals surface area contributed by atoms with Crippen LogP contribution >= 0.6 is 0 Å². The third-order valence-corrected chi connectivity index (χ3v) is 2.60. The number of aromatic nitrogens is 1. The van der Waals surface area contributed by atoms with Crippen molar-refractivity contribution in [2.75, 3.05) is 7.11 Å². The fraction of sp³-hybridized carbons (Fsp3) is 0.154. The number of hydrogen-bond acceptors (Lipinski definition) is 2. The molecule has 0 fully saturated rings. The van der Waals surface area contributed by atoms with Crippen molar-refractivity contribution >= 4 is 5.97 Å². The molecule has 2 N–H and O–H groups in total. The molecule has 0 aliphatic rings. The fourth-order valence-electron chi connectivity index (χ4n) is 1.71. The summed E-state index contributed by atoms with van der Waals surface area (Å²) in [6, 6.07) is 9.37. The third-order valence-electron chi connectivity index (χ3n) is 2.60. The number of H-pyrrole nitrogens is 1. The molecule has 0 amide bonds. The van der Waals surface area contributed by atoms with E-state index in [1.54, 1.807) is 19.4 Å². The Morgan fingerprint density at radius 2 is 2.00 bits per heavy atom. The fourth-order valence-corrected chi connectivity index (χ4v) is 1.71. The standard InChI is InChI=1S/C13H13NO3/c1-17-11-4-2-9(3-5-11)8-10-6-7-14-12(10)13(15)16/h2-7,14H,8H2,1H3,(H,15,16). The van der Waals surface area contributed by atoms with Crippen LogP contribution in [0.5, 0.6) is 5.75 Å². The van der Waals surface area contributed by atoms with Gasteiger partial charge in [0.15, 0.2) is 0 Å². The van der Waals surface area contributed by atoms with E-state index in [4.69, 9.17) is 9.84 Å². The minimum Gasteiger partial charge on any atom is -0.497 e. The number of carbonyl (C=O) groups is 1. The molecule has 0 saturated carbocycles. The number of carboxylic acids is 1. The van der Waals surface area contributed by atoms with Gasteiger partial charge in [-0.3, -0.25) is 0 Å². The Kier molecular flexibility index (Phi) is 3.14. The van der Waals surface area contributed by atoms with Crippen LogP contribution in [-0.4, -0.2) is 23.2 Å². The second-order valence-corrected chi connectivity index (χ2v) is 3.71. The number of carboxylic acid groups (broad SMARTS) is 1. The van der Waals surface area contributed by atoms with Gasteiger partial charge in [0.05, 0.1) is 7.11 Å². The number of benzene rings is 1. The van der Waals surface area contributed by atoms with Crippen LogP contribution in [0.15, 0.2) is 36.5 Å². The largest absolute Gasteiger partial charge is 0.497 e. The van der Waals surface area contributed by atoms with Gasteiger partial charge in [0, 0.05) is 6.20 Å². The molecule has 0 aliphatic carbocycles. The van der Waals surface area contributed by atoms with E-state index in [1.807, 2.05) is 24.3 Å². The lowest BCUT2D eigenvalue weighted by Crippen LogP contribution is -2.01. The number of aromatic carboxylic acids is 1. The van der Waals surface area contributed by atoms with E-state index in [2.05, 4.69) is 4.98 Å². The highest BCUT2D eigenvalue weighted by molar-refractivity contribution is 5.87. The lowest BCUT2D eigenvalue weighted by atomic mass is 10.1. The Balaban J connectivity index is 2.19. The highest BCUT2D eigenvalue weighted by atomic mass is 16.5. The Morgan fingerprint density at radius 3 is 2.59 bits per heavy atom. The molecule has 0 bridgehead atoms. The lowest BCUT2D eigenvalue weighted by Gasteiger charge is -2.03. The van der Waals surface area contributed by atoms with Crippen LogP contribution in [-0.2, 0) is 6.42 Å². The van der Waals surface area contributed by atoms with Crippen LogP contribution in [0.1, 0.15) is 21.6 Å².